The quantitative estimate of drug-likeness (QED) is 0.853. The van der Waals surface area contributed by atoms with Gasteiger partial charge < -0.3 is 14.9 Å². The van der Waals surface area contributed by atoms with Gasteiger partial charge in [-0.15, -0.1) is 0 Å². The number of carbonyl (C=O) groups is 2. The minimum absolute atomic E-state index is 0.0698. The molecule has 3 fully saturated rings. The Morgan fingerprint density at radius 3 is 2.50 bits per heavy atom. The summed E-state index contributed by atoms with van der Waals surface area (Å²) in [4.78, 5) is 30.7. The molecule has 1 aromatic carbocycles. The Hall–Kier alpha value is -2.39. The number of aliphatic hydroxyl groups is 1. The van der Waals surface area contributed by atoms with Crippen LogP contribution in [0, 0.1) is 11.3 Å². The number of benzene rings is 1. The first-order chi connectivity index (χ1) is 13.6. The van der Waals surface area contributed by atoms with E-state index in [9.17, 15) is 20.0 Å². The minimum Gasteiger partial charge on any atom is -0.393 e. The molecule has 2 aliphatic heterocycles. The molecule has 1 spiro atoms. The van der Waals surface area contributed by atoms with E-state index in [1.807, 2.05) is 4.90 Å². The molecule has 1 atom stereocenters. The molecule has 2 amide bonds. The third-order valence-electron chi connectivity index (χ3n) is 6.77. The molecule has 3 aliphatic rings. The third-order valence-corrected chi connectivity index (χ3v) is 6.77. The van der Waals surface area contributed by atoms with Gasteiger partial charge in [0.15, 0.2) is 0 Å². The molecular weight excluding hydrogens is 354 g/mol. The molecule has 2 saturated heterocycles. The van der Waals surface area contributed by atoms with Crippen molar-refractivity contribution in [1.29, 1.82) is 5.26 Å². The van der Waals surface area contributed by atoms with Gasteiger partial charge in [0.2, 0.25) is 5.91 Å². The fourth-order valence-corrected chi connectivity index (χ4v) is 5.31. The van der Waals surface area contributed by atoms with Gasteiger partial charge in [0.25, 0.3) is 5.91 Å². The standard InChI is InChI=1S/C22H27N3O3/c23-15-16-5-1-2-6-19(16)20(27)25-14-4-12-22(25)11-3-13-24(21(22)28)17-7-9-18(26)10-8-17/h1-2,5-6,17-18,26H,3-4,7-14H2. The Morgan fingerprint density at radius 1 is 1.11 bits per heavy atom. The van der Waals surface area contributed by atoms with Gasteiger partial charge in [0, 0.05) is 19.1 Å². The molecular formula is C22H27N3O3. The van der Waals surface area contributed by atoms with Crippen molar-refractivity contribution >= 4 is 11.8 Å². The van der Waals surface area contributed by atoms with E-state index >= 15 is 0 Å². The molecule has 1 aromatic rings. The Labute approximate surface area is 165 Å². The molecule has 1 unspecified atom stereocenters. The minimum atomic E-state index is -0.770. The van der Waals surface area contributed by atoms with Crippen LogP contribution in [-0.2, 0) is 4.79 Å². The third kappa shape index (κ3) is 3.08. The zero-order chi connectivity index (χ0) is 19.7. The topological polar surface area (TPSA) is 84.6 Å². The van der Waals surface area contributed by atoms with Crippen molar-refractivity contribution in [2.75, 3.05) is 13.1 Å². The molecule has 2 heterocycles. The number of carbonyl (C=O) groups excluding carboxylic acids is 2. The maximum Gasteiger partial charge on any atom is 0.256 e. The summed E-state index contributed by atoms with van der Waals surface area (Å²) < 4.78 is 0. The maximum atomic E-state index is 13.6. The van der Waals surface area contributed by atoms with Crippen LogP contribution in [0.1, 0.15) is 67.3 Å². The van der Waals surface area contributed by atoms with Gasteiger partial charge in [-0.05, 0) is 63.5 Å². The summed E-state index contributed by atoms with van der Waals surface area (Å²) in [7, 11) is 0. The number of aliphatic hydroxyl groups excluding tert-OH is 1. The van der Waals surface area contributed by atoms with Gasteiger partial charge in [-0.2, -0.15) is 5.26 Å². The van der Waals surface area contributed by atoms with Gasteiger partial charge in [0.1, 0.15) is 5.54 Å². The number of amides is 2. The van der Waals surface area contributed by atoms with Crippen molar-refractivity contribution in [1.82, 2.24) is 9.80 Å². The molecule has 6 heteroatoms. The van der Waals surface area contributed by atoms with Crippen LogP contribution in [0.25, 0.3) is 0 Å². The largest absolute Gasteiger partial charge is 0.393 e. The van der Waals surface area contributed by atoms with Gasteiger partial charge in [0.05, 0.1) is 23.3 Å². The van der Waals surface area contributed by atoms with Gasteiger partial charge in [-0.1, -0.05) is 12.1 Å². The summed E-state index contributed by atoms with van der Waals surface area (Å²) in [6, 6.07) is 9.11. The van der Waals surface area contributed by atoms with Gasteiger partial charge in [-0.25, -0.2) is 0 Å². The number of hydrogen-bond donors (Lipinski definition) is 1. The van der Waals surface area contributed by atoms with Gasteiger partial charge in [-0.3, -0.25) is 9.59 Å². The highest BCUT2D eigenvalue weighted by Gasteiger charge is 2.54. The van der Waals surface area contributed by atoms with Gasteiger partial charge >= 0.3 is 0 Å². The number of piperidine rings is 1. The molecule has 1 N–H and O–H groups in total. The van der Waals surface area contributed by atoms with Crippen LogP contribution in [0.4, 0.5) is 0 Å². The fraction of sp³-hybridized carbons (Fsp3) is 0.591. The maximum absolute atomic E-state index is 13.6. The molecule has 1 saturated carbocycles. The first kappa shape index (κ1) is 18.9. The van der Waals surface area contributed by atoms with Crippen LogP contribution in [0.5, 0.6) is 0 Å². The second kappa shape index (κ2) is 7.56. The lowest BCUT2D eigenvalue weighted by Crippen LogP contribution is -2.63. The summed E-state index contributed by atoms with van der Waals surface area (Å²) in [5.74, 6) is -0.135. The van der Waals surface area contributed by atoms with Crippen molar-refractivity contribution in [2.45, 2.75) is 69.1 Å². The van der Waals surface area contributed by atoms with E-state index in [-0.39, 0.29) is 24.0 Å². The second-order valence-corrected chi connectivity index (χ2v) is 8.31. The molecule has 1 aliphatic carbocycles. The average molecular weight is 381 g/mol. The average Bonchev–Trinajstić information content (AvgIpc) is 3.15. The van der Waals surface area contributed by atoms with E-state index in [4.69, 9.17) is 0 Å². The first-order valence-electron chi connectivity index (χ1n) is 10.4. The van der Waals surface area contributed by atoms with Crippen molar-refractivity contribution in [3.05, 3.63) is 35.4 Å². The van der Waals surface area contributed by atoms with Crippen molar-refractivity contribution in [3.8, 4) is 6.07 Å². The summed E-state index contributed by atoms with van der Waals surface area (Å²) in [5.41, 5.74) is -0.0264. The lowest BCUT2D eigenvalue weighted by Gasteiger charge is -2.48. The van der Waals surface area contributed by atoms with Crippen LogP contribution < -0.4 is 0 Å². The highest BCUT2D eigenvalue weighted by molar-refractivity contribution is 6.01. The summed E-state index contributed by atoms with van der Waals surface area (Å²) in [5, 5.41) is 19.2. The lowest BCUT2D eigenvalue weighted by molar-refractivity contribution is -0.149. The lowest BCUT2D eigenvalue weighted by atomic mass is 9.82. The van der Waals surface area contributed by atoms with E-state index in [2.05, 4.69) is 6.07 Å². The molecule has 148 valence electrons. The van der Waals surface area contributed by atoms with Crippen LogP contribution in [0.15, 0.2) is 24.3 Å². The van der Waals surface area contributed by atoms with Crippen LogP contribution in [-0.4, -0.2) is 57.5 Å². The second-order valence-electron chi connectivity index (χ2n) is 8.31. The van der Waals surface area contributed by atoms with E-state index in [1.54, 1.807) is 29.2 Å². The summed E-state index contributed by atoms with van der Waals surface area (Å²) >= 11 is 0. The highest BCUT2D eigenvalue weighted by atomic mass is 16.3. The Kier molecular flexibility index (Phi) is 5.11. The smallest absolute Gasteiger partial charge is 0.256 e. The molecule has 28 heavy (non-hydrogen) atoms. The molecule has 0 aromatic heterocycles. The molecule has 0 radical (unpaired) electrons. The molecule has 6 nitrogen and oxygen atoms in total. The predicted molar refractivity (Wildman–Crippen MR) is 103 cm³/mol. The monoisotopic (exact) mass is 381 g/mol. The Morgan fingerprint density at radius 2 is 1.79 bits per heavy atom. The number of nitrogens with zero attached hydrogens (tertiary/aromatic N) is 3. The zero-order valence-electron chi connectivity index (χ0n) is 16.1. The van der Waals surface area contributed by atoms with Crippen LogP contribution in [0.2, 0.25) is 0 Å². The number of nitriles is 1. The predicted octanol–water partition coefficient (Wildman–Crippen LogP) is 2.46. The number of rotatable bonds is 2. The normalized spacial score (nSPS) is 30.5. The highest BCUT2D eigenvalue weighted by Crippen LogP contribution is 2.41. The molecule has 0 bridgehead atoms. The molecule has 4 rings (SSSR count). The van der Waals surface area contributed by atoms with Crippen molar-refractivity contribution in [3.63, 3.8) is 0 Å². The number of likely N-dealkylation sites (tertiary alicyclic amines) is 2. The van der Waals surface area contributed by atoms with E-state index in [0.29, 0.717) is 30.5 Å². The van der Waals surface area contributed by atoms with Crippen LogP contribution in [0.3, 0.4) is 0 Å². The van der Waals surface area contributed by atoms with Crippen molar-refractivity contribution < 1.29 is 14.7 Å². The Balaban J connectivity index is 1.61. The van der Waals surface area contributed by atoms with Crippen molar-refractivity contribution in [2.24, 2.45) is 0 Å². The van der Waals surface area contributed by atoms with E-state index in [1.165, 1.54) is 0 Å². The van der Waals surface area contributed by atoms with E-state index in [0.717, 1.165) is 45.1 Å². The fourth-order valence-electron chi connectivity index (χ4n) is 5.31. The SMILES string of the molecule is N#Cc1ccccc1C(=O)N1CCCC12CCCN(C1CCC(O)CC1)C2=O. The number of hydrogen-bond acceptors (Lipinski definition) is 4. The Bertz CT molecular complexity index is 809. The zero-order valence-corrected chi connectivity index (χ0v) is 16.1. The summed E-state index contributed by atoms with van der Waals surface area (Å²) in [6.45, 7) is 1.29. The van der Waals surface area contributed by atoms with E-state index < -0.39 is 5.54 Å². The van der Waals surface area contributed by atoms with Crippen LogP contribution >= 0.6 is 0 Å². The first-order valence-corrected chi connectivity index (χ1v) is 10.4. The summed E-state index contributed by atoms with van der Waals surface area (Å²) in [6.07, 6.45) is 5.95.